The van der Waals surface area contributed by atoms with Crippen LogP contribution in [0.4, 0.5) is 0 Å². The van der Waals surface area contributed by atoms with Crippen LogP contribution in [0.5, 0.6) is 5.75 Å². The van der Waals surface area contributed by atoms with Gasteiger partial charge in [0.15, 0.2) is 0 Å². The van der Waals surface area contributed by atoms with Crippen LogP contribution in [0.2, 0.25) is 0 Å². The van der Waals surface area contributed by atoms with Gasteiger partial charge < -0.3 is 4.74 Å². The SMILES string of the molecule is CC(C)(C)c1ccc2cc3c(cc2c1)OCc1c-3ccc2cc(C(C)(C)C)ccc12. The molecule has 152 valence electrons. The van der Waals surface area contributed by atoms with Crippen LogP contribution in [0.3, 0.4) is 0 Å². The van der Waals surface area contributed by atoms with E-state index in [2.05, 4.69) is 102 Å². The lowest BCUT2D eigenvalue weighted by molar-refractivity contribution is 0.304. The Balaban J connectivity index is 1.67. The average Bonchev–Trinajstić information content (AvgIpc) is 2.69. The third kappa shape index (κ3) is 3.08. The summed E-state index contributed by atoms with van der Waals surface area (Å²) in [4.78, 5) is 0. The van der Waals surface area contributed by atoms with Gasteiger partial charge in [0.2, 0.25) is 0 Å². The second-order valence-corrected chi connectivity index (χ2v) is 10.7. The smallest absolute Gasteiger partial charge is 0.128 e. The van der Waals surface area contributed by atoms with Gasteiger partial charge in [0.05, 0.1) is 0 Å². The maximum Gasteiger partial charge on any atom is 0.128 e. The van der Waals surface area contributed by atoms with Gasteiger partial charge >= 0.3 is 0 Å². The summed E-state index contributed by atoms with van der Waals surface area (Å²) < 4.78 is 6.29. The highest BCUT2D eigenvalue weighted by molar-refractivity contribution is 5.97. The molecule has 0 radical (unpaired) electrons. The molecule has 1 heterocycles. The predicted molar refractivity (Wildman–Crippen MR) is 129 cm³/mol. The Morgan fingerprint density at radius 1 is 0.600 bits per heavy atom. The van der Waals surface area contributed by atoms with Crippen LogP contribution in [-0.2, 0) is 17.4 Å². The lowest BCUT2D eigenvalue weighted by Crippen LogP contribution is -2.11. The highest BCUT2D eigenvalue weighted by atomic mass is 16.5. The Morgan fingerprint density at radius 2 is 1.23 bits per heavy atom. The normalized spacial score (nSPS) is 13.8. The van der Waals surface area contributed by atoms with Gasteiger partial charge in [0.25, 0.3) is 0 Å². The number of hydrogen-bond donors (Lipinski definition) is 0. The second kappa shape index (κ2) is 6.35. The molecule has 4 aromatic rings. The molecule has 0 saturated heterocycles. The predicted octanol–water partition coefficient (Wildman–Crippen LogP) is 8.15. The van der Waals surface area contributed by atoms with Crippen LogP contribution in [-0.4, -0.2) is 0 Å². The monoisotopic (exact) mass is 394 g/mol. The first-order valence-electron chi connectivity index (χ1n) is 10.9. The zero-order valence-corrected chi connectivity index (χ0v) is 18.9. The summed E-state index contributed by atoms with van der Waals surface area (Å²) >= 11 is 0. The highest BCUT2D eigenvalue weighted by Crippen LogP contribution is 2.43. The van der Waals surface area contributed by atoms with E-state index in [1.54, 1.807) is 0 Å². The van der Waals surface area contributed by atoms with Crippen molar-refractivity contribution in [2.75, 3.05) is 0 Å². The molecule has 0 spiro atoms. The molecule has 0 atom stereocenters. The Kier molecular flexibility index (Phi) is 4.06. The van der Waals surface area contributed by atoms with Crippen molar-refractivity contribution in [1.29, 1.82) is 0 Å². The molecular weight excluding hydrogens is 364 g/mol. The molecule has 1 nitrogen and oxygen atoms in total. The van der Waals surface area contributed by atoms with Crippen molar-refractivity contribution < 1.29 is 4.74 Å². The molecule has 5 rings (SSSR count). The van der Waals surface area contributed by atoms with E-state index in [1.807, 2.05) is 0 Å². The fourth-order valence-electron chi connectivity index (χ4n) is 4.49. The summed E-state index contributed by atoms with van der Waals surface area (Å²) in [6, 6.07) is 22.8. The van der Waals surface area contributed by atoms with Crippen molar-refractivity contribution in [3.8, 4) is 16.9 Å². The van der Waals surface area contributed by atoms with Crippen LogP contribution < -0.4 is 4.74 Å². The summed E-state index contributed by atoms with van der Waals surface area (Å²) in [6.45, 7) is 14.2. The zero-order chi connectivity index (χ0) is 21.3. The van der Waals surface area contributed by atoms with Gasteiger partial charge in [-0.3, -0.25) is 0 Å². The van der Waals surface area contributed by atoms with Crippen molar-refractivity contribution in [3.05, 3.63) is 77.4 Å². The number of rotatable bonds is 0. The van der Waals surface area contributed by atoms with Crippen LogP contribution in [0, 0.1) is 0 Å². The molecule has 0 saturated carbocycles. The Bertz CT molecular complexity index is 1280. The summed E-state index contributed by atoms with van der Waals surface area (Å²) in [6.07, 6.45) is 0. The molecule has 0 fully saturated rings. The largest absolute Gasteiger partial charge is 0.488 e. The van der Waals surface area contributed by atoms with E-state index in [9.17, 15) is 0 Å². The van der Waals surface area contributed by atoms with E-state index < -0.39 is 0 Å². The van der Waals surface area contributed by atoms with Gasteiger partial charge in [-0.25, -0.2) is 0 Å². The van der Waals surface area contributed by atoms with Crippen LogP contribution in [0.15, 0.2) is 60.7 Å². The topological polar surface area (TPSA) is 9.23 Å². The van der Waals surface area contributed by atoms with Gasteiger partial charge in [-0.05, 0) is 61.2 Å². The van der Waals surface area contributed by atoms with Crippen molar-refractivity contribution in [2.45, 2.75) is 59.0 Å². The molecule has 4 aromatic carbocycles. The van der Waals surface area contributed by atoms with Crippen molar-refractivity contribution in [3.63, 3.8) is 0 Å². The van der Waals surface area contributed by atoms with Crippen LogP contribution in [0.1, 0.15) is 58.2 Å². The maximum absolute atomic E-state index is 6.29. The minimum absolute atomic E-state index is 0.141. The molecule has 1 aliphatic heterocycles. The minimum atomic E-state index is 0.141. The third-order valence-corrected chi connectivity index (χ3v) is 6.46. The fourth-order valence-corrected chi connectivity index (χ4v) is 4.49. The van der Waals surface area contributed by atoms with Gasteiger partial charge in [0.1, 0.15) is 12.4 Å². The first-order valence-corrected chi connectivity index (χ1v) is 10.9. The first-order chi connectivity index (χ1) is 14.1. The lowest BCUT2D eigenvalue weighted by Gasteiger charge is -2.25. The Hall–Kier alpha value is -2.80. The van der Waals surface area contributed by atoms with E-state index in [1.165, 1.54) is 49.4 Å². The van der Waals surface area contributed by atoms with Crippen molar-refractivity contribution >= 4 is 21.5 Å². The van der Waals surface area contributed by atoms with Gasteiger partial charge in [-0.15, -0.1) is 0 Å². The van der Waals surface area contributed by atoms with E-state index in [0.29, 0.717) is 6.61 Å². The Morgan fingerprint density at radius 3 is 1.93 bits per heavy atom. The average molecular weight is 395 g/mol. The van der Waals surface area contributed by atoms with Gasteiger partial charge in [0, 0.05) is 11.1 Å². The van der Waals surface area contributed by atoms with Crippen LogP contribution in [0.25, 0.3) is 32.7 Å². The molecular formula is C29H30O. The summed E-state index contributed by atoms with van der Waals surface area (Å²) in [5, 5.41) is 5.11. The number of ether oxygens (including phenoxy) is 1. The molecule has 0 aliphatic carbocycles. The molecule has 1 heteroatoms. The minimum Gasteiger partial charge on any atom is -0.488 e. The van der Waals surface area contributed by atoms with E-state index in [4.69, 9.17) is 4.74 Å². The molecule has 0 aromatic heterocycles. The van der Waals surface area contributed by atoms with Gasteiger partial charge in [-0.1, -0.05) is 90.1 Å². The van der Waals surface area contributed by atoms with Gasteiger partial charge in [-0.2, -0.15) is 0 Å². The lowest BCUT2D eigenvalue weighted by atomic mass is 9.83. The summed E-state index contributed by atoms with van der Waals surface area (Å²) in [5.41, 5.74) is 6.81. The Labute approximate surface area is 179 Å². The zero-order valence-electron chi connectivity index (χ0n) is 18.9. The van der Waals surface area contributed by atoms with E-state index in [-0.39, 0.29) is 10.8 Å². The molecule has 0 N–H and O–H groups in total. The second-order valence-electron chi connectivity index (χ2n) is 10.7. The summed E-state index contributed by atoms with van der Waals surface area (Å²) in [7, 11) is 0. The molecule has 0 amide bonds. The van der Waals surface area contributed by atoms with E-state index >= 15 is 0 Å². The number of benzene rings is 4. The summed E-state index contributed by atoms with van der Waals surface area (Å²) in [5.74, 6) is 0.992. The third-order valence-electron chi connectivity index (χ3n) is 6.46. The van der Waals surface area contributed by atoms with Crippen molar-refractivity contribution in [1.82, 2.24) is 0 Å². The molecule has 0 unspecified atom stereocenters. The molecule has 0 bridgehead atoms. The number of hydrogen-bond acceptors (Lipinski definition) is 1. The van der Waals surface area contributed by atoms with Crippen LogP contribution >= 0.6 is 0 Å². The highest BCUT2D eigenvalue weighted by Gasteiger charge is 2.22. The van der Waals surface area contributed by atoms with Crippen molar-refractivity contribution in [2.24, 2.45) is 0 Å². The standard InChI is InChI=1S/C29H30O/c1-28(2,3)21-9-7-18-15-25-24-11-8-19-13-22(29(4,5)6)10-12-23(19)26(24)17-30-27(25)16-20(18)14-21/h7-16H,17H2,1-6H3. The molecule has 30 heavy (non-hydrogen) atoms. The maximum atomic E-state index is 6.29. The molecule has 1 aliphatic rings. The quantitative estimate of drug-likeness (QED) is 0.292. The number of fused-ring (bicyclic) bond motifs is 6. The first kappa shape index (κ1) is 19.2. The van der Waals surface area contributed by atoms with E-state index in [0.717, 1.165) is 5.75 Å². The fraction of sp³-hybridized carbons (Fsp3) is 0.310.